The predicted octanol–water partition coefficient (Wildman–Crippen LogP) is 6.82. The molecule has 2 saturated carbocycles. The minimum atomic E-state index is -0.157. The number of aliphatic hydroxyl groups is 1. The zero-order chi connectivity index (χ0) is 25.0. The lowest BCUT2D eigenvalue weighted by atomic mass is 9.53. The first-order valence-corrected chi connectivity index (χ1v) is 14.6. The molecule has 196 valence electrons. The number of nitrogens with zero attached hydrogens (tertiary/aromatic N) is 1. The number of hydrogen-bond donors (Lipinski definition) is 2. The van der Waals surface area contributed by atoms with Gasteiger partial charge in [-0.2, -0.15) is 0 Å². The molecule has 0 radical (unpaired) electrons. The normalized spacial score (nSPS) is 31.5. The third-order valence-electron chi connectivity index (χ3n) is 10.0. The van der Waals surface area contributed by atoms with E-state index in [0.717, 1.165) is 51.5 Å². The second-order valence-electron chi connectivity index (χ2n) is 12.2. The van der Waals surface area contributed by atoms with Gasteiger partial charge in [0.15, 0.2) is 0 Å². The highest BCUT2D eigenvalue weighted by atomic mass is 16.3. The van der Waals surface area contributed by atoms with E-state index in [0.29, 0.717) is 41.7 Å². The molecule has 3 aliphatic rings. The fraction of sp³-hybridized carbons (Fsp3) is 0.774. The van der Waals surface area contributed by atoms with E-state index in [9.17, 15) is 15.0 Å². The summed E-state index contributed by atoms with van der Waals surface area (Å²) in [5.74, 6) is 3.21. The van der Waals surface area contributed by atoms with E-state index in [4.69, 9.17) is 0 Å². The maximum absolute atomic E-state index is 12.2. The largest absolute Gasteiger partial charge is 0.508 e. The fourth-order valence-electron chi connectivity index (χ4n) is 8.05. The number of fused-ring (bicyclic) bond motifs is 5. The lowest BCUT2D eigenvalue weighted by Crippen LogP contribution is -2.45. The number of aliphatic hydroxyl groups excluding tert-OH is 1. The molecule has 0 unspecified atom stereocenters. The van der Waals surface area contributed by atoms with E-state index in [1.807, 2.05) is 24.1 Å². The van der Waals surface area contributed by atoms with Crippen molar-refractivity contribution in [1.82, 2.24) is 4.90 Å². The van der Waals surface area contributed by atoms with Crippen LogP contribution in [-0.4, -0.2) is 40.7 Å². The van der Waals surface area contributed by atoms with Gasteiger partial charge in [0.1, 0.15) is 5.75 Å². The topological polar surface area (TPSA) is 60.8 Å². The van der Waals surface area contributed by atoms with Crippen LogP contribution in [0.3, 0.4) is 0 Å². The summed E-state index contributed by atoms with van der Waals surface area (Å²) in [6, 6.07) is 6.03. The first-order chi connectivity index (χ1) is 16.8. The molecule has 4 nitrogen and oxygen atoms in total. The van der Waals surface area contributed by atoms with Crippen molar-refractivity contribution in [3.8, 4) is 5.75 Å². The number of amides is 1. The van der Waals surface area contributed by atoms with Crippen molar-refractivity contribution in [2.45, 2.75) is 116 Å². The van der Waals surface area contributed by atoms with Crippen LogP contribution in [0, 0.1) is 23.2 Å². The number of carbonyl (C=O) groups excluding carboxylic acids is 1. The number of aromatic hydroxyl groups is 1. The van der Waals surface area contributed by atoms with Gasteiger partial charge in [0.05, 0.1) is 6.10 Å². The van der Waals surface area contributed by atoms with Crippen molar-refractivity contribution >= 4 is 5.91 Å². The smallest absolute Gasteiger partial charge is 0.222 e. The van der Waals surface area contributed by atoms with E-state index in [-0.39, 0.29) is 11.5 Å². The van der Waals surface area contributed by atoms with E-state index < -0.39 is 0 Å². The number of unbranched alkanes of at least 4 members (excludes halogenated alkanes) is 5. The van der Waals surface area contributed by atoms with Crippen LogP contribution in [0.15, 0.2) is 18.2 Å². The second-order valence-corrected chi connectivity index (χ2v) is 12.2. The summed E-state index contributed by atoms with van der Waals surface area (Å²) in [6.45, 7) is 5.43. The van der Waals surface area contributed by atoms with Crippen molar-refractivity contribution in [1.29, 1.82) is 0 Å². The highest BCUT2D eigenvalue weighted by molar-refractivity contribution is 5.75. The van der Waals surface area contributed by atoms with Crippen LogP contribution >= 0.6 is 0 Å². The van der Waals surface area contributed by atoms with Gasteiger partial charge < -0.3 is 15.1 Å². The van der Waals surface area contributed by atoms with Crippen molar-refractivity contribution < 1.29 is 15.0 Å². The van der Waals surface area contributed by atoms with Gasteiger partial charge in [-0.15, -0.1) is 0 Å². The molecule has 35 heavy (non-hydrogen) atoms. The highest BCUT2D eigenvalue weighted by Crippen LogP contribution is 2.63. The number of carbonyl (C=O) groups is 1. The molecule has 4 heteroatoms. The average molecular weight is 484 g/mol. The Morgan fingerprint density at radius 2 is 1.89 bits per heavy atom. The number of aryl methyl sites for hydroxylation is 1. The summed E-state index contributed by atoms with van der Waals surface area (Å²) >= 11 is 0. The van der Waals surface area contributed by atoms with Crippen molar-refractivity contribution in [2.75, 3.05) is 13.6 Å². The maximum atomic E-state index is 12.2. The summed E-state index contributed by atoms with van der Waals surface area (Å²) in [4.78, 5) is 14.1. The van der Waals surface area contributed by atoms with Gasteiger partial charge in [0.25, 0.3) is 0 Å². The van der Waals surface area contributed by atoms with E-state index in [1.54, 1.807) is 0 Å². The van der Waals surface area contributed by atoms with Crippen molar-refractivity contribution in [2.24, 2.45) is 23.2 Å². The third kappa shape index (κ3) is 5.73. The Morgan fingerprint density at radius 3 is 2.69 bits per heavy atom. The van der Waals surface area contributed by atoms with Gasteiger partial charge in [-0.3, -0.25) is 4.79 Å². The molecule has 2 N–H and O–H groups in total. The van der Waals surface area contributed by atoms with Crippen molar-refractivity contribution in [3.05, 3.63) is 29.3 Å². The highest BCUT2D eigenvalue weighted by Gasteiger charge is 2.58. The van der Waals surface area contributed by atoms with Crippen LogP contribution in [-0.2, 0) is 11.2 Å². The Balaban J connectivity index is 1.25. The number of hydrogen-bond acceptors (Lipinski definition) is 3. The Morgan fingerprint density at radius 1 is 1.11 bits per heavy atom. The summed E-state index contributed by atoms with van der Waals surface area (Å²) in [6.07, 6.45) is 15.4. The van der Waals surface area contributed by atoms with E-state index in [1.165, 1.54) is 49.7 Å². The monoisotopic (exact) mass is 483 g/mol. The molecule has 4 rings (SSSR count). The van der Waals surface area contributed by atoms with Crippen LogP contribution in [0.25, 0.3) is 0 Å². The Labute approximate surface area is 213 Å². The zero-order valence-electron chi connectivity index (χ0n) is 22.5. The third-order valence-corrected chi connectivity index (χ3v) is 10.0. The fourth-order valence-corrected chi connectivity index (χ4v) is 8.05. The summed E-state index contributed by atoms with van der Waals surface area (Å²) in [7, 11) is 1.94. The summed E-state index contributed by atoms with van der Waals surface area (Å²) < 4.78 is 0. The van der Waals surface area contributed by atoms with Gasteiger partial charge >= 0.3 is 0 Å². The minimum absolute atomic E-state index is 0.0738. The van der Waals surface area contributed by atoms with Gasteiger partial charge in [0, 0.05) is 20.0 Å². The SMILES string of the molecule is CCCCN(C)C(=O)CCCCCCC[C@H]1C[C@H](O)[C@@]2(C)CC[C@@H]3c4ccc(O)cc4CC[C@H]3[C@H]12. The first-order valence-electron chi connectivity index (χ1n) is 14.6. The molecule has 0 aromatic heterocycles. The molecule has 0 spiro atoms. The molecule has 0 saturated heterocycles. The lowest BCUT2D eigenvalue weighted by Gasteiger charge is -2.51. The standard InChI is InChI=1S/C31H49NO3/c1-4-5-19-32(3)29(35)12-10-8-6-7-9-11-23-21-28(34)31(2)18-17-26-25-16-14-24(33)20-22(25)13-15-27(26)30(23)31/h14,16,20,23,26-28,30,33-34H,4-13,15,17-19,21H2,1-3H3/t23-,26+,27+,28-,30-,31+/m0/s1. The molecule has 1 aromatic carbocycles. The van der Waals surface area contributed by atoms with E-state index >= 15 is 0 Å². The minimum Gasteiger partial charge on any atom is -0.508 e. The van der Waals surface area contributed by atoms with Gasteiger partial charge in [-0.05, 0) is 97.3 Å². The molecule has 0 aliphatic heterocycles. The average Bonchev–Trinajstić information content (AvgIpc) is 3.11. The van der Waals surface area contributed by atoms with Crippen LogP contribution in [0.1, 0.15) is 114 Å². The van der Waals surface area contributed by atoms with Crippen LogP contribution < -0.4 is 0 Å². The molecule has 0 bridgehead atoms. The number of benzene rings is 1. The molecular formula is C31H49NO3. The molecular weight excluding hydrogens is 434 g/mol. The number of phenolic OH excluding ortho intramolecular Hbond substituents is 1. The number of rotatable bonds is 11. The Hall–Kier alpha value is -1.55. The van der Waals surface area contributed by atoms with Gasteiger partial charge in [-0.1, -0.05) is 58.4 Å². The lowest BCUT2D eigenvalue weighted by molar-refractivity contribution is -0.130. The Kier molecular flexibility index (Phi) is 8.84. The molecule has 3 aliphatic carbocycles. The first kappa shape index (κ1) is 26.5. The maximum Gasteiger partial charge on any atom is 0.222 e. The molecule has 2 fully saturated rings. The Bertz CT molecular complexity index is 854. The molecule has 0 heterocycles. The quantitative estimate of drug-likeness (QED) is 0.339. The van der Waals surface area contributed by atoms with Crippen LogP contribution in [0.4, 0.5) is 0 Å². The molecule has 6 atom stereocenters. The van der Waals surface area contributed by atoms with E-state index in [2.05, 4.69) is 19.9 Å². The number of phenols is 1. The molecule has 1 amide bonds. The van der Waals surface area contributed by atoms with Gasteiger partial charge in [-0.25, -0.2) is 0 Å². The van der Waals surface area contributed by atoms with Crippen LogP contribution in [0.5, 0.6) is 5.75 Å². The summed E-state index contributed by atoms with van der Waals surface area (Å²) in [5, 5.41) is 21.1. The van der Waals surface area contributed by atoms with Crippen LogP contribution in [0.2, 0.25) is 0 Å². The second kappa shape index (κ2) is 11.7. The zero-order valence-corrected chi connectivity index (χ0v) is 22.5. The summed E-state index contributed by atoms with van der Waals surface area (Å²) in [5.41, 5.74) is 2.89. The van der Waals surface area contributed by atoms with Gasteiger partial charge in [0.2, 0.25) is 5.91 Å². The molecule has 1 aromatic rings. The predicted molar refractivity (Wildman–Crippen MR) is 142 cm³/mol. The van der Waals surface area contributed by atoms with Crippen molar-refractivity contribution in [3.63, 3.8) is 0 Å².